The molecule has 3 nitrogen and oxygen atoms in total. The van der Waals surface area contributed by atoms with Crippen molar-refractivity contribution in [2.75, 3.05) is 6.54 Å². The van der Waals surface area contributed by atoms with Crippen molar-refractivity contribution in [2.24, 2.45) is 0 Å². The molecule has 3 heteroatoms. The molecule has 0 aromatic carbocycles. The van der Waals surface area contributed by atoms with Gasteiger partial charge in [-0.15, -0.1) is 0 Å². The fourth-order valence-electron chi connectivity index (χ4n) is 2.12. The lowest BCUT2D eigenvalue weighted by atomic mass is 10.1. The van der Waals surface area contributed by atoms with Crippen LogP contribution in [0.15, 0.2) is 30.0 Å². The Labute approximate surface area is 102 Å². The average molecular weight is 227 g/mol. The number of nitriles is 1. The Balaban J connectivity index is 1.76. The summed E-state index contributed by atoms with van der Waals surface area (Å²) in [5.74, 6) is 0. The molecule has 1 aliphatic carbocycles. The Kier molecular flexibility index (Phi) is 4.29. The topological polar surface area (TPSA) is 48.7 Å². The highest BCUT2D eigenvalue weighted by Crippen LogP contribution is 2.19. The summed E-state index contributed by atoms with van der Waals surface area (Å²) in [6.07, 6.45) is 8.96. The molecule has 0 spiro atoms. The molecule has 1 N–H and O–H groups in total. The predicted octanol–water partition coefficient (Wildman–Crippen LogP) is 2.54. The van der Waals surface area contributed by atoms with Crippen LogP contribution in [0.1, 0.15) is 36.9 Å². The largest absolute Gasteiger partial charge is 0.312 e. The molecule has 0 saturated carbocycles. The maximum Gasteiger partial charge on any atom is 0.144 e. The lowest BCUT2D eigenvalue weighted by molar-refractivity contribution is 0.673. The number of pyridine rings is 1. The van der Waals surface area contributed by atoms with Crippen LogP contribution in [-0.2, 0) is 6.54 Å². The summed E-state index contributed by atoms with van der Waals surface area (Å²) < 4.78 is 0. The molecule has 0 saturated heterocycles. The minimum Gasteiger partial charge on any atom is -0.312 e. The third kappa shape index (κ3) is 3.40. The second-order valence-corrected chi connectivity index (χ2v) is 4.30. The third-order valence-corrected chi connectivity index (χ3v) is 3.07. The molecular weight excluding hydrogens is 210 g/mol. The molecule has 88 valence electrons. The molecule has 0 amide bonds. The number of nitrogens with zero attached hydrogens (tertiary/aromatic N) is 2. The number of aromatic nitrogens is 1. The van der Waals surface area contributed by atoms with Crippen molar-refractivity contribution in [3.05, 3.63) is 41.2 Å². The maximum absolute atomic E-state index is 8.90. The normalized spacial score (nSPS) is 14.4. The molecule has 0 atom stereocenters. The molecule has 2 rings (SSSR count). The molecule has 0 unspecified atom stereocenters. The van der Waals surface area contributed by atoms with Gasteiger partial charge in [-0.3, -0.25) is 0 Å². The Bertz CT molecular complexity index is 443. The lowest BCUT2D eigenvalue weighted by Gasteiger charge is -2.06. The van der Waals surface area contributed by atoms with Gasteiger partial charge in [-0.25, -0.2) is 4.98 Å². The Hall–Kier alpha value is -1.66. The van der Waals surface area contributed by atoms with E-state index in [-0.39, 0.29) is 0 Å². The van der Waals surface area contributed by atoms with E-state index in [1.54, 1.807) is 11.8 Å². The molecule has 0 bridgehead atoms. The highest BCUT2D eigenvalue weighted by molar-refractivity contribution is 5.30. The van der Waals surface area contributed by atoms with Crippen molar-refractivity contribution in [3.63, 3.8) is 0 Å². The molecule has 1 aliphatic rings. The second-order valence-electron chi connectivity index (χ2n) is 4.30. The van der Waals surface area contributed by atoms with Crippen LogP contribution in [0.3, 0.4) is 0 Å². The van der Waals surface area contributed by atoms with Crippen LogP contribution in [0.4, 0.5) is 0 Å². The van der Waals surface area contributed by atoms with Crippen molar-refractivity contribution < 1.29 is 0 Å². The van der Waals surface area contributed by atoms with Gasteiger partial charge < -0.3 is 5.32 Å². The number of allylic oxidation sites excluding steroid dienone is 1. The highest BCUT2D eigenvalue weighted by Gasteiger charge is 2.04. The summed E-state index contributed by atoms with van der Waals surface area (Å²) in [6.45, 7) is 1.70. The molecule has 0 aliphatic heterocycles. The van der Waals surface area contributed by atoms with Crippen LogP contribution in [0, 0.1) is 11.3 Å². The van der Waals surface area contributed by atoms with Gasteiger partial charge in [0.2, 0.25) is 0 Å². The van der Waals surface area contributed by atoms with Crippen LogP contribution in [-0.4, -0.2) is 11.5 Å². The summed E-state index contributed by atoms with van der Waals surface area (Å²) in [6, 6.07) is 5.94. The van der Waals surface area contributed by atoms with Crippen molar-refractivity contribution in [2.45, 2.75) is 32.2 Å². The van der Waals surface area contributed by atoms with Gasteiger partial charge in [0.1, 0.15) is 11.8 Å². The minimum atomic E-state index is 0.528. The maximum atomic E-state index is 8.90. The highest BCUT2D eigenvalue weighted by atomic mass is 14.9. The first-order chi connectivity index (χ1) is 8.40. The van der Waals surface area contributed by atoms with Crippen molar-refractivity contribution >= 4 is 0 Å². The minimum absolute atomic E-state index is 0.528. The quantitative estimate of drug-likeness (QED) is 0.621. The molecule has 0 radical (unpaired) electrons. The van der Waals surface area contributed by atoms with E-state index >= 15 is 0 Å². The molecule has 0 fully saturated rings. The number of hydrogen-bond acceptors (Lipinski definition) is 3. The summed E-state index contributed by atoms with van der Waals surface area (Å²) >= 11 is 0. The summed E-state index contributed by atoms with van der Waals surface area (Å²) in [5.41, 5.74) is 3.08. The van der Waals surface area contributed by atoms with E-state index in [0.717, 1.165) is 25.1 Å². The molecule has 1 aromatic rings. The van der Waals surface area contributed by atoms with E-state index in [4.69, 9.17) is 5.26 Å². The fourth-order valence-corrected chi connectivity index (χ4v) is 2.12. The first-order valence-electron chi connectivity index (χ1n) is 6.13. The van der Waals surface area contributed by atoms with Gasteiger partial charge >= 0.3 is 0 Å². The summed E-state index contributed by atoms with van der Waals surface area (Å²) in [4.78, 5) is 4.04. The van der Waals surface area contributed by atoms with Crippen molar-refractivity contribution in [1.29, 1.82) is 5.26 Å². The molecular formula is C14H17N3. The zero-order chi connectivity index (χ0) is 11.9. The SMILES string of the molecule is N#Cc1ncccc1CNCCC1=CCCC1. The number of nitrogens with one attached hydrogen (secondary N) is 1. The van der Waals surface area contributed by atoms with E-state index in [2.05, 4.69) is 22.4 Å². The van der Waals surface area contributed by atoms with Crippen LogP contribution in [0.5, 0.6) is 0 Å². The van der Waals surface area contributed by atoms with Gasteiger partial charge in [-0.1, -0.05) is 17.7 Å². The van der Waals surface area contributed by atoms with Crippen LogP contribution >= 0.6 is 0 Å². The first kappa shape index (κ1) is 11.8. The summed E-state index contributed by atoms with van der Waals surface area (Å²) in [5, 5.41) is 12.3. The first-order valence-corrected chi connectivity index (χ1v) is 6.13. The van der Waals surface area contributed by atoms with E-state index in [1.165, 1.54) is 19.3 Å². The fraction of sp³-hybridized carbons (Fsp3) is 0.429. The van der Waals surface area contributed by atoms with E-state index < -0.39 is 0 Å². The lowest BCUT2D eigenvalue weighted by Crippen LogP contribution is -2.16. The molecule has 1 aromatic heterocycles. The smallest absolute Gasteiger partial charge is 0.144 e. The van der Waals surface area contributed by atoms with Crippen molar-refractivity contribution in [3.8, 4) is 6.07 Å². The third-order valence-electron chi connectivity index (χ3n) is 3.07. The Morgan fingerprint density at radius 3 is 3.18 bits per heavy atom. The van der Waals surface area contributed by atoms with E-state index in [1.807, 2.05) is 12.1 Å². The summed E-state index contributed by atoms with van der Waals surface area (Å²) in [7, 11) is 0. The zero-order valence-electron chi connectivity index (χ0n) is 9.95. The van der Waals surface area contributed by atoms with Gasteiger partial charge in [0.15, 0.2) is 0 Å². The number of rotatable bonds is 5. The molecule has 1 heterocycles. The van der Waals surface area contributed by atoms with E-state index in [0.29, 0.717) is 5.69 Å². The van der Waals surface area contributed by atoms with Gasteiger partial charge in [0.25, 0.3) is 0 Å². The number of hydrogen-bond donors (Lipinski definition) is 1. The van der Waals surface area contributed by atoms with Crippen molar-refractivity contribution in [1.82, 2.24) is 10.3 Å². The van der Waals surface area contributed by atoms with Crippen LogP contribution < -0.4 is 5.32 Å². The van der Waals surface area contributed by atoms with Crippen LogP contribution in [0.25, 0.3) is 0 Å². The Morgan fingerprint density at radius 1 is 1.47 bits per heavy atom. The van der Waals surface area contributed by atoms with E-state index in [9.17, 15) is 0 Å². The van der Waals surface area contributed by atoms with Gasteiger partial charge in [-0.2, -0.15) is 5.26 Å². The second kappa shape index (κ2) is 6.17. The van der Waals surface area contributed by atoms with Gasteiger partial charge in [0.05, 0.1) is 0 Å². The van der Waals surface area contributed by atoms with Gasteiger partial charge in [-0.05, 0) is 38.3 Å². The van der Waals surface area contributed by atoms with Crippen LogP contribution in [0.2, 0.25) is 0 Å². The average Bonchev–Trinajstić information content (AvgIpc) is 2.88. The van der Waals surface area contributed by atoms with Gasteiger partial charge in [0, 0.05) is 18.3 Å². The predicted molar refractivity (Wildman–Crippen MR) is 67.2 cm³/mol. The molecule has 17 heavy (non-hydrogen) atoms. The zero-order valence-corrected chi connectivity index (χ0v) is 9.95. The standard InChI is InChI=1S/C14H17N3/c15-10-14-13(6-3-8-17-14)11-16-9-7-12-4-1-2-5-12/h3-4,6,8,16H,1-2,5,7,9,11H2. The Morgan fingerprint density at radius 2 is 2.41 bits per heavy atom. The monoisotopic (exact) mass is 227 g/mol.